The van der Waals surface area contributed by atoms with Gasteiger partial charge in [-0.25, -0.2) is 4.99 Å². The van der Waals surface area contributed by atoms with Crippen LogP contribution in [0.25, 0.3) is 0 Å². The van der Waals surface area contributed by atoms with E-state index in [1.165, 1.54) is 11.0 Å². The highest BCUT2D eigenvalue weighted by Gasteiger charge is 2.30. The van der Waals surface area contributed by atoms with Crippen molar-refractivity contribution in [2.24, 2.45) is 4.99 Å². The van der Waals surface area contributed by atoms with Crippen LogP contribution in [0.5, 0.6) is 0 Å². The molecule has 0 heterocycles. The van der Waals surface area contributed by atoms with Gasteiger partial charge in [0, 0.05) is 20.6 Å². The Morgan fingerprint density at radius 3 is 2.58 bits per heavy atom. The number of amides is 1. The molecule has 0 saturated heterocycles. The van der Waals surface area contributed by atoms with Crippen molar-refractivity contribution in [3.63, 3.8) is 0 Å². The van der Waals surface area contributed by atoms with Gasteiger partial charge in [-0.15, -0.1) is 30.6 Å². The molecule has 1 unspecified atom stereocenters. The fraction of sp³-hybridized carbons (Fsp3) is 0.412. The Morgan fingerprint density at radius 2 is 2.04 bits per heavy atom. The molecule has 0 aliphatic carbocycles. The van der Waals surface area contributed by atoms with Crippen LogP contribution in [0.15, 0.2) is 41.9 Å². The SMILES string of the molecule is C=CCNC(=NCC(=O)N(C)C)NC(C)c1cccc(C(F)(F)F)c1.I. The van der Waals surface area contributed by atoms with Crippen LogP contribution in [0.1, 0.15) is 24.1 Å². The summed E-state index contributed by atoms with van der Waals surface area (Å²) >= 11 is 0. The molecule has 1 aromatic rings. The van der Waals surface area contributed by atoms with E-state index in [-0.39, 0.29) is 36.4 Å². The number of hydrogen-bond donors (Lipinski definition) is 2. The Kier molecular flexibility index (Phi) is 10.3. The number of alkyl halides is 3. The third kappa shape index (κ3) is 8.07. The maximum atomic E-state index is 12.8. The van der Waals surface area contributed by atoms with Crippen LogP contribution < -0.4 is 10.6 Å². The first kappa shape index (κ1) is 24.2. The summed E-state index contributed by atoms with van der Waals surface area (Å²) in [7, 11) is 3.24. The van der Waals surface area contributed by atoms with Crippen molar-refractivity contribution in [3.8, 4) is 0 Å². The van der Waals surface area contributed by atoms with Crippen molar-refractivity contribution >= 4 is 35.8 Å². The van der Waals surface area contributed by atoms with Gasteiger partial charge in [-0.2, -0.15) is 13.2 Å². The lowest BCUT2D eigenvalue weighted by molar-refractivity contribution is -0.137. The molecule has 26 heavy (non-hydrogen) atoms. The highest BCUT2D eigenvalue weighted by Crippen LogP contribution is 2.30. The van der Waals surface area contributed by atoms with Crippen LogP contribution in [-0.4, -0.2) is 44.0 Å². The normalized spacial score (nSPS) is 12.6. The van der Waals surface area contributed by atoms with E-state index in [1.54, 1.807) is 33.2 Å². The molecule has 0 aliphatic rings. The van der Waals surface area contributed by atoms with E-state index >= 15 is 0 Å². The molecule has 146 valence electrons. The third-order valence-corrected chi connectivity index (χ3v) is 3.35. The van der Waals surface area contributed by atoms with Crippen LogP contribution in [0.3, 0.4) is 0 Å². The van der Waals surface area contributed by atoms with E-state index in [1.807, 2.05) is 0 Å². The topological polar surface area (TPSA) is 56.7 Å². The second-order valence-electron chi connectivity index (χ2n) is 5.61. The number of nitrogens with one attached hydrogen (secondary N) is 2. The summed E-state index contributed by atoms with van der Waals surface area (Å²) in [5.41, 5.74) is -0.249. The minimum absolute atomic E-state index is 0. The van der Waals surface area contributed by atoms with Gasteiger partial charge in [0.1, 0.15) is 6.54 Å². The van der Waals surface area contributed by atoms with Gasteiger partial charge in [0.25, 0.3) is 0 Å². The second-order valence-corrected chi connectivity index (χ2v) is 5.61. The molecular formula is C17H24F3IN4O. The summed E-state index contributed by atoms with van der Waals surface area (Å²) in [5, 5.41) is 5.93. The molecule has 0 fully saturated rings. The lowest BCUT2D eigenvalue weighted by Crippen LogP contribution is -2.40. The minimum atomic E-state index is -4.40. The predicted octanol–water partition coefficient (Wildman–Crippen LogP) is 3.19. The molecular weight excluding hydrogens is 460 g/mol. The molecule has 0 aliphatic heterocycles. The number of carbonyl (C=O) groups is 1. The second kappa shape index (κ2) is 11.0. The van der Waals surface area contributed by atoms with Crippen LogP contribution >= 0.6 is 24.0 Å². The molecule has 2 N–H and O–H groups in total. The average molecular weight is 484 g/mol. The van der Waals surface area contributed by atoms with Crippen molar-refractivity contribution in [1.82, 2.24) is 15.5 Å². The van der Waals surface area contributed by atoms with Gasteiger partial charge in [0.2, 0.25) is 5.91 Å². The van der Waals surface area contributed by atoms with E-state index in [2.05, 4.69) is 22.2 Å². The number of rotatable bonds is 6. The number of likely N-dealkylation sites (N-methyl/N-ethyl adjacent to an activating group) is 1. The molecule has 9 heteroatoms. The van der Waals surface area contributed by atoms with Gasteiger partial charge in [-0.1, -0.05) is 18.2 Å². The smallest absolute Gasteiger partial charge is 0.353 e. The largest absolute Gasteiger partial charge is 0.416 e. The number of benzene rings is 1. The van der Waals surface area contributed by atoms with E-state index < -0.39 is 17.8 Å². The number of aliphatic imine (C=N–C) groups is 1. The quantitative estimate of drug-likeness (QED) is 0.282. The Balaban J connectivity index is 0.00000625. The summed E-state index contributed by atoms with van der Waals surface area (Å²) < 4.78 is 38.5. The fourth-order valence-corrected chi connectivity index (χ4v) is 1.88. The first-order chi connectivity index (χ1) is 11.6. The number of carbonyl (C=O) groups excluding carboxylic acids is 1. The first-order valence-corrected chi connectivity index (χ1v) is 7.68. The van der Waals surface area contributed by atoms with Crippen molar-refractivity contribution in [3.05, 3.63) is 48.0 Å². The van der Waals surface area contributed by atoms with Crippen molar-refractivity contribution < 1.29 is 18.0 Å². The van der Waals surface area contributed by atoms with E-state index in [9.17, 15) is 18.0 Å². The van der Waals surface area contributed by atoms with Gasteiger partial charge in [-0.3, -0.25) is 4.79 Å². The maximum absolute atomic E-state index is 12.8. The Labute approximate surface area is 168 Å². The minimum Gasteiger partial charge on any atom is -0.353 e. The molecule has 5 nitrogen and oxygen atoms in total. The standard InChI is InChI=1S/C17H23F3N4O.HI/c1-5-9-21-16(22-11-15(25)24(3)4)23-12(2)13-7-6-8-14(10-13)17(18,19)20;/h5-8,10,12H,1,9,11H2,2-4H3,(H2,21,22,23);1H. The van der Waals surface area contributed by atoms with E-state index in [0.29, 0.717) is 18.1 Å². The zero-order valence-corrected chi connectivity index (χ0v) is 17.3. The fourth-order valence-electron chi connectivity index (χ4n) is 1.88. The van der Waals surface area contributed by atoms with Gasteiger partial charge in [0.05, 0.1) is 11.6 Å². The summed E-state index contributed by atoms with van der Waals surface area (Å²) in [6, 6.07) is 4.64. The molecule has 0 bridgehead atoms. The summed E-state index contributed by atoms with van der Waals surface area (Å²) in [6.45, 7) is 5.63. The Hall–Kier alpha value is -1.78. The molecule has 1 aromatic carbocycles. The summed E-state index contributed by atoms with van der Waals surface area (Å²) in [5.74, 6) is 0.131. The van der Waals surface area contributed by atoms with Crippen LogP contribution in [0.2, 0.25) is 0 Å². The Bertz CT molecular complexity index is 633. The van der Waals surface area contributed by atoms with Gasteiger partial charge < -0.3 is 15.5 Å². The third-order valence-electron chi connectivity index (χ3n) is 3.35. The van der Waals surface area contributed by atoms with Gasteiger partial charge in [0.15, 0.2) is 5.96 Å². The van der Waals surface area contributed by atoms with Crippen molar-refractivity contribution in [2.75, 3.05) is 27.2 Å². The van der Waals surface area contributed by atoms with E-state index in [0.717, 1.165) is 12.1 Å². The molecule has 1 atom stereocenters. The lowest BCUT2D eigenvalue weighted by Gasteiger charge is -2.19. The highest BCUT2D eigenvalue weighted by atomic mass is 127. The molecule has 0 spiro atoms. The molecule has 1 rings (SSSR count). The number of halogens is 4. The molecule has 1 amide bonds. The maximum Gasteiger partial charge on any atom is 0.416 e. The van der Waals surface area contributed by atoms with Crippen LogP contribution in [0, 0.1) is 0 Å². The van der Waals surface area contributed by atoms with Crippen LogP contribution in [0.4, 0.5) is 13.2 Å². The molecule has 0 aromatic heterocycles. The number of guanidine groups is 1. The summed E-state index contributed by atoms with van der Waals surface area (Å²) in [4.78, 5) is 17.2. The molecule has 0 radical (unpaired) electrons. The van der Waals surface area contributed by atoms with Crippen LogP contribution in [-0.2, 0) is 11.0 Å². The summed E-state index contributed by atoms with van der Waals surface area (Å²) in [6.07, 6.45) is -2.79. The predicted molar refractivity (Wildman–Crippen MR) is 108 cm³/mol. The van der Waals surface area contributed by atoms with Gasteiger partial charge in [-0.05, 0) is 24.6 Å². The zero-order chi connectivity index (χ0) is 19.0. The lowest BCUT2D eigenvalue weighted by atomic mass is 10.1. The van der Waals surface area contributed by atoms with Gasteiger partial charge >= 0.3 is 6.18 Å². The number of nitrogens with zero attached hydrogens (tertiary/aromatic N) is 2. The zero-order valence-electron chi connectivity index (χ0n) is 14.9. The van der Waals surface area contributed by atoms with Crippen molar-refractivity contribution in [1.29, 1.82) is 0 Å². The number of hydrogen-bond acceptors (Lipinski definition) is 2. The van der Waals surface area contributed by atoms with Crippen molar-refractivity contribution in [2.45, 2.75) is 19.1 Å². The van der Waals surface area contributed by atoms with E-state index in [4.69, 9.17) is 0 Å². The molecule has 0 saturated carbocycles. The Morgan fingerprint density at radius 1 is 1.38 bits per heavy atom. The highest BCUT2D eigenvalue weighted by molar-refractivity contribution is 14.0. The monoisotopic (exact) mass is 484 g/mol. The first-order valence-electron chi connectivity index (χ1n) is 7.68. The average Bonchev–Trinajstić information content (AvgIpc) is 2.56.